The van der Waals surface area contributed by atoms with Gasteiger partial charge in [-0.25, -0.2) is 13.4 Å². The van der Waals surface area contributed by atoms with Gasteiger partial charge >= 0.3 is 0 Å². The number of anilines is 2. The molecule has 0 atom stereocenters. The number of sulfonamides is 1. The minimum Gasteiger partial charge on any atom is -0.441 e. The summed E-state index contributed by atoms with van der Waals surface area (Å²) in [4.78, 5) is 16.6. The van der Waals surface area contributed by atoms with Crippen LogP contribution in [0.1, 0.15) is 16.2 Å². The Morgan fingerprint density at radius 2 is 1.68 bits per heavy atom. The lowest BCUT2D eigenvalue weighted by Crippen LogP contribution is -2.14. The van der Waals surface area contributed by atoms with E-state index in [9.17, 15) is 13.2 Å². The zero-order valence-electron chi connectivity index (χ0n) is 16.0. The first kappa shape index (κ1) is 21.2. The summed E-state index contributed by atoms with van der Waals surface area (Å²) in [5, 5.41) is 3.07. The maximum Gasteiger partial charge on any atom is 0.263 e. The van der Waals surface area contributed by atoms with E-state index in [2.05, 4.69) is 15.0 Å². The summed E-state index contributed by atoms with van der Waals surface area (Å²) in [6.07, 6.45) is 0. The summed E-state index contributed by atoms with van der Waals surface area (Å²) in [7, 11) is -3.95. The van der Waals surface area contributed by atoms with Crippen molar-refractivity contribution >= 4 is 61.6 Å². The van der Waals surface area contributed by atoms with Gasteiger partial charge in [0.25, 0.3) is 15.9 Å². The summed E-state index contributed by atoms with van der Waals surface area (Å²) in [5.74, 6) is 0.183. The first-order valence-electron chi connectivity index (χ1n) is 8.98. The van der Waals surface area contributed by atoms with Crippen molar-refractivity contribution in [3.05, 3.63) is 82.2 Å². The summed E-state index contributed by atoms with van der Waals surface area (Å²) in [6.45, 7) is 1.74. The van der Waals surface area contributed by atoms with Gasteiger partial charge in [0.15, 0.2) is 11.5 Å². The molecule has 0 aliphatic rings. The van der Waals surface area contributed by atoms with Crippen LogP contribution in [-0.2, 0) is 10.0 Å². The third kappa shape index (κ3) is 4.66. The Morgan fingerprint density at radius 3 is 2.42 bits per heavy atom. The van der Waals surface area contributed by atoms with Crippen molar-refractivity contribution in [1.29, 1.82) is 0 Å². The van der Waals surface area contributed by atoms with Crippen molar-refractivity contribution in [2.45, 2.75) is 11.8 Å². The van der Waals surface area contributed by atoms with E-state index in [1.165, 1.54) is 42.5 Å². The number of halogens is 2. The average molecular weight is 476 g/mol. The molecule has 10 heteroatoms. The van der Waals surface area contributed by atoms with Crippen LogP contribution in [0.4, 0.5) is 11.4 Å². The van der Waals surface area contributed by atoms with Gasteiger partial charge in [0.05, 0.1) is 5.02 Å². The Bertz CT molecular complexity index is 1400. The Balaban J connectivity index is 1.49. The second-order valence-corrected chi connectivity index (χ2v) is 9.12. The topological polar surface area (TPSA) is 101 Å². The first-order valence-corrected chi connectivity index (χ1v) is 11.2. The Kier molecular flexibility index (Phi) is 5.62. The Hall–Kier alpha value is -3.07. The number of hydrogen-bond acceptors (Lipinski definition) is 5. The van der Waals surface area contributed by atoms with E-state index in [0.29, 0.717) is 28.2 Å². The van der Waals surface area contributed by atoms with Gasteiger partial charge in [-0.05, 0) is 60.7 Å². The van der Waals surface area contributed by atoms with Gasteiger partial charge in [0.1, 0.15) is 10.4 Å². The van der Waals surface area contributed by atoms with Gasteiger partial charge in [-0.15, -0.1) is 0 Å². The van der Waals surface area contributed by atoms with Crippen molar-refractivity contribution in [1.82, 2.24) is 4.98 Å². The zero-order chi connectivity index (χ0) is 22.2. The van der Waals surface area contributed by atoms with Crippen LogP contribution in [0, 0.1) is 6.92 Å². The fourth-order valence-electron chi connectivity index (χ4n) is 2.91. The molecule has 158 valence electrons. The van der Waals surface area contributed by atoms with Gasteiger partial charge in [-0.1, -0.05) is 23.2 Å². The molecule has 4 rings (SSSR count). The summed E-state index contributed by atoms with van der Waals surface area (Å²) in [5.41, 5.74) is 2.45. The fraction of sp³-hybridized carbons (Fsp3) is 0.0476. The van der Waals surface area contributed by atoms with E-state index < -0.39 is 10.0 Å². The summed E-state index contributed by atoms with van der Waals surface area (Å²) >= 11 is 11.9. The number of nitrogens with one attached hydrogen (secondary N) is 2. The highest BCUT2D eigenvalue weighted by Gasteiger charge is 2.19. The molecule has 0 fully saturated rings. The molecule has 0 bridgehead atoms. The van der Waals surface area contributed by atoms with Gasteiger partial charge < -0.3 is 9.73 Å². The molecule has 0 aliphatic heterocycles. The van der Waals surface area contributed by atoms with E-state index in [4.69, 9.17) is 27.6 Å². The Morgan fingerprint density at radius 1 is 0.968 bits per heavy atom. The minimum absolute atomic E-state index is 0.0483. The Labute approximate surface area is 188 Å². The van der Waals surface area contributed by atoms with Gasteiger partial charge in [0.2, 0.25) is 0 Å². The van der Waals surface area contributed by atoms with Crippen LogP contribution in [0.15, 0.2) is 70.0 Å². The molecule has 2 N–H and O–H groups in total. The smallest absolute Gasteiger partial charge is 0.263 e. The number of oxazole rings is 1. The fourth-order valence-corrected chi connectivity index (χ4v) is 4.73. The number of aryl methyl sites for hydroxylation is 1. The highest BCUT2D eigenvalue weighted by Crippen LogP contribution is 2.27. The van der Waals surface area contributed by atoms with Crippen LogP contribution in [0.5, 0.6) is 0 Å². The lowest BCUT2D eigenvalue weighted by Gasteiger charge is -2.11. The predicted octanol–water partition coefficient (Wildman–Crippen LogP) is 5.50. The predicted molar refractivity (Wildman–Crippen MR) is 120 cm³/mol. The molecule has 7 nitrogen and oxygen atoms in total. The molecular formula is C21H15Cl2N3O4S. The molecule has 3 aromatic carbocycles. The molecule has 0 saturated carbocycles. The van der Waals surface area contributed by atoms with Crippen molar-refractivity contribution in [3.63, 3.8) is 0 Å². The second-order valence-electron chi connectivity index (χ2n) is 6.63. The molecule has 0 spiro atoms. The number of benzene rings is 3. The number of carbonyl (C=O) groups is 1. The SMILES string of the molecule is Cc1nc2cc(NC(=O)c3ccc(NS(=O)(=O)c4cc(Cl)ccc4Cl)cc3)ccc2o1. The first-order chi connectivity index (χ1) is 14.7. The molecule has 4 aromatic rings. The number of amides is 1. The van der Waals surface area contributed by atoms with Crippen molar-refractivity contribution in [2.75, 3.05) is 10.0 Å². The quantitative estimate of drug-likeness (QED) is 0.396. The molecule has 1 aromatic heterocycles. The standard InChI is InChI=1S/C21H15Cl2N3O4S/c1-12-24-18-11-16(7-9-19(18)30-12)25-21(27)13-2-5-15(6-3-13)26-31(28,29)20-10-14(22)4-8-17(20)23/h2-11,26H,1H3,(H,25,27). The van der Waals surface area contributed by atoms with Crippen LogP contribution >= 0.6 is 23.2 Å². The van der Waals surface area contributed by atoms with Crippen molar-refractivity contribution in [2.24, 2.45) is 0 Å². The van der Waals surface area contributed by atoms with E-state index in [0.717, 1.165) is 0 Å². The number of hydrogen-bond donors (Lipinski definition) is 2. The molecule has 31 heavy (non-hydrogen) atoms. The van der Waals surface area contributed by atoms with Crippen LogP contribution in [-0.4, -0.2) is 19.3 Å². The maximum absolute atomic E-state index is 12.6. The zero-order valence-corrected chi connectivity index (χ0v) is 18.3. The van der Waals surface area contributed by atoms with E-state index >= 15 is 0 Å². The largest absolute Gasteiger partial charge is 0.441 e. The maximum atomic E-state index is 12.6. The van der Waals surface area contributed by atoms with E-state index in [1.807, 2.05) is 0 Å². The van der Waals surface area contributed by atoms with Crippen molar-refractivity contribution in [3.8, 4) is 0 Å². The average Bonchev–Trinajstić information content (AvgIpc) is 3.09. The lowest BCUT2D eigenvalue weighted by molar-refractivity contribution is 0.102. The minimum atomic E-state index is -3.95. The summed E-state index contributed by atoms with van der Waals surface area (Å²) in [6, 6.07) is 15.3. The summed E-state index contributed by atoms with van der Waals surface area (Å²) < 4.78 is 33.0. The lowest BCUT2D eigenvalue weighted by atomic mass is 10.2. The van der Waals surface area contributed by atoms with Gasteiger partial charge in [0, 0.05) is 28.9 Å². The highest BCUT2D eigenvalue weighted by atomic mass is 35.5. The van der Waals surface area contributed by atoms with Crippen LogP contribution in [0.25, 0.3) is 11.1 Å². The molecule has 1 amide bonds. The molecule has 1 heterocycles. The van der Waals surface area contributed by atoms with E-state index in [1.54, 1.807) is 25.1 Å². The van der Waals surface area contributed by atoms with Gasteiger partial charge in [-0.2, -0.15) is 0 Å². The van der Waals surface area contributed by atoms with E-state index in [-0.39, 0.29) is 26.5 Å². The third-order valence-electron chi connectivity index (χ3n) is 4.33. The number of nitrogens with zero attached hydrogens (tertiary/aromatic N) is 1. The molecule has 0 unspecified atom stereocenters. The number of carbonyl (C=O) groups excluding carboxylic acids is 1. The van der Waals surface area contributed by atoms with Crippen molar-refractivity contribution < 1.29 is 17.6 Å². The third-order valence-corrected chi connectivity index (χ3v) is 6.43. The second kappa shape index (κ2) is 8.22. The molecule has 0 saturated heterocycles. The monoisotopic (exact) mass is 475 g/mol. The van der Waals surface area contributed by atoms with Gasteiger partial charge in [-0.3, -0.25) is 9.52 Å². The normalized spacial score (nSPS) is 11.5. The number of rotatable bonds is 5. The van der Waals surface area contributed by atoms with Crippen LogP contribution in [0.2, 0.25) is 10.0 Å². The highest BCUT2D eigenvalue weighted by molar-refractivity contribution is 7.92. The molecule has 0 radical (unpaired) electrons. The molecular weight excluding hydrogens is 461 g/mol. The molecule has 0 aliphatic carbocycles. The van der Waals surface area contributed by atoms with Crippen LogP contribution in [0.3, 0.4) is 0 Å². The number of fused-ring (bicyclic) bond motifs is 1. The van der Waals surface area contributed by atoms with Crippen LogP contribution < -0.4 is 10.0 Å². The number of aromatic nitrogens is 1.